The number of sulfone groups is 1. The van der Waals surface area contributed by atoms with Crippen molar-refractivity contribution in [2.75, 3.05) is 37.3 Å². The van der Waals surface area contributed by atoms with Gasteiger partial charge in [-0.2, -0.15) is 9.19 Å². The molecule has 0 radical (unpaired) electrons. The van der Waals surface area contributed by atoms with E-state index in [1.807, 2.05) is 0 Å². The highest BCUT2D eigenvalue weighted by atomic mass is 32.2. The number of nitrogens with zero attached hydrogens (tertiary/aromatic N) is 5. The van der Waals surface area contributed by atoms with Gasteiger partial charge in [-0.15, -0.1) is 11.3 Å². The van der Waals surface area contributed by atoms with Crippen LogP contribution in [-0.4, -0.2) is 60.0 Å². The van der Waals surface area contributed by atoms with E-state index in [0.29, 0.717) is 22.7 Å². The van der Waals surface area contributed by atoms with E-state index in [1.54, 1.807) is 30.7 Å². The smallest absolute Gasteiger partial charge is 0.236 e. The fraction of sp³-hybridized carbons (Fsp3) is 0.400. The summed E-state index contributed by atoms with van der Waals surface area (Å²) in [6.07, 6.45) is 1.80. The van der Waals surface area contributed by atoms with Gasteiger partial charge in [0, 0.05) is 32.4 Å². The average molecular weight is 411 g/mol. The standard InChI is InChI=1S/C15H18N6O2S3/c1-10-17-13-12(14(18-10)20-7-5-16-6-8-20)19-21(24-2)15(13)26(22,23)11-4-3-9-25-11/h3-4,9,16H,5-8H2,1-2H3. The van der Waals surface area contributed by atoms with Crippen LogP contribution in [0.5, 0.6) is 0 Å². The maximum atomic E-state index is 13.2. The van der Waals surface area contributed by atoms with Crippen LogP contribution >= 0.6 is 23.3 Å². The van der Waals surface area contributed by atoms with Gasteiger partial charge in [-0.05, 0) is 30.3 Å². The van der Waals surface area contributed by atoms with Crippen molar-refractivity contribution in [2.24, 2.45) is 0 Å². The Kier molecular flexibility index (Phi) is 4.63. The number of aryl methyl sites for hydroxylation is 1. The molecule has 0 aliphatic carbocycles. The second-order valence-corrected chi connectivity index (χ2v) is 9.58. The minimum atomic E-state index is -3.71. The first-order valence-electron chi connectivity index (χ1n) is 8.08. The number of fused-ring (bicyclic) bond motifs is 1. The molecule has 138 valence electrons. The monoisotopic (exact) mass is 410 g/mol. The van der Waals surface area contributed by atoms with Crippen molar-refractivity contribution in [2.45, 2.75) is 16.2 Å². The maximum Gasteiger partial charge on any atom is 0.236 e. The van der Waals surface area contributed by atoms with E-state index in [1.165, 1.54) is 27.4 Å². The fourth-order valence-electron chi connectivity index (χ4n) is 2.98. The van der Waals surface area contributed by atoms with Crippen LogP contribution in [0.1, 0.15) is 5.82 Å². The Morgan fingerprint density at radius 1 is 1.23 bits per heavy atom. The predicted octanol–water partition coefficient (Wildman–Crippen LogP) is 1.56. The number of aromatic nitrogens is 4. The molecule has 0 saturated carbocycles. The van der Waals surface area contributed by atoms with Crippen LogP contribution in [0.15, 0.2) is 26.7 Å². The fourth-order valence-corrected chi connectivity index (χ4v) is 6.37. The lowest BCUT2D eigenvalue weighted by Gasteiger charge is -2.28. The molecule has 1 saturated heterocycles. The van der Waals surface area contributed by atoms with Gasteiger partial charge in [0.25, 0.3) is 0 Å². The summed E-state index contributed by atoms with van der Waals surface area (Å²) >= 11 is 2.43. The number of thiophene rings is 1. The molecule has 4 rings (SSSR count). The molecule has 1 aliphatic rings. The van der Waals surface area contributed by atoms with Crippen molar-refractivity contribution >= 4 is 50.0 Å². The number of nitrogens with one attached hydrogen (secondary N) is 1. The van der Waals surface area contributed by atoms with Crippen LogP contribution in [0, 0.1) is 6.92 Å². The summed E-state index contributed by atoms with van der Waals surface area (Å²) in [4.78, 5) is 11.2. The third kappa shape index (κ3) is 2.88. The molecule has 0 aromatic carbocycles. The van der Waals surface area contributed by atoms with E-state index in [9.17, 15) is 8.42 Å². The third-order valence-electron chi connectivity index (χ3n) is 4.15. The molecule has 0 bridgehead atoms. The normalized spacial score (nSPS) is 15.7. The first-order chi connectivity index (χ1) is 12.5. The molecule has 0 unspecified atom stereocenters. The lowest BCUT2D eigenvalue weighted by atomic mass is 10.3. The Balaban J connectivity index is 1.98. The first kappa shape index (κ1) is 17.7. The van der Waals surface area contributed by atoms with Crippen molar-refractivity contribution in [3.05, 3.63) is 23.3 Å². The molecular formula is C15H18N6O2S3. The van der Waals surface area contributed by atoms with Gasteiger partial charge in [-0.25, -0.2) is 18.4 Å². The summed E-state index contributed by atoms with van der Waals surface area (Å²) in [6.45, 7) is 5.08. The quantitative estimate of drug-likeness (QED) is 0.693. The van der Waals surface area contributed by atoms with E-state index < -0.39 is 9.84 Å². The molecule has 0 amide bonds. The highest BCUT2D eigenvalue weighted by molar-refractivity contribution is 7.98. The zero-order valence-electron chi connectivity index (χ0n) is 14.3. The Labute approximate surface area is 159 Å². The molecule has 0 atom stereocenters. The summed E-state index contributed by atoms with van der Waals surface area (Å²) in [5, 5.41) is 9.72. The topological polar surface area (TPSA) is 93.0 Å². The molecular weight excluding hydrogens is 392 g/mol. The second-order valence-electron chi connectivity index (χ2n) is 5.82. The zero-order chi connectivity index (χ0) is 18.3. The highest BCUT2D eigenvalue weighted by Gasteiger charge is 2.31. The SMILES string of the molecule is CSn1nc2c(N3CCNCC3)nc(C)nc2c1S(=O)(=O)c1cccs1. The van der Waals surface area contributed by atoms with Gasteiger partial charge >= 0.3 is 0 Å². The predicted molar refractivity (Wildman–Crippen MR) is 104 cm³/mol. The Hall–Kier alpha value is -1.69. The van der Waals surface area contributed by atoms with Crippen LogP contribution in [0.3, 0.4) is 0 Å². The van der Waals surface area contributed by atoms with Crippen LogP contribution in [-0.2, 0) is 9.84 Å². The molecule has 1 aliphatic heterocycles. The van der Waals surface area contributed by atoms with Gasteiger partial charge < -0.3 is 10.2 Å². The summed E-state index contributed by atoms with van der Waals surface area (Å²) in [6, 6.07) is 3.33. The van der Waals surface area contributed by atoms with E-state index in [0.717, 1.165) is 26.2 Å². The number of piperazine rings is 1. The number of rotatable bonds is 4. The molecule has 8 nitrogen and oxygen atoms in total. The summed E-state index contributed by atoms with van der Waals surface area (Å²) in [5.74, 6) is 1.23. The van der Waals surface area contributed by atoms with Gasteiger partial charge in [0.2, 0.25) is 9.84 Å². The molecule has 3 aromatic heterocycles. The van der Waals surface area contributed by atoms with Gasteiger partial charge in [-0.1, -0.05) is 6.07 Å². The van der Waals surface area contributed by atoms with Crippen LogP contribution in [0.2, 0.25) is 0 Å². The first-order valence-corrected chi connectivity index (χ1v) is 11.6. The Morgan fingerprint density at radius 3 is 2.65 bits per heavy atom. The van der Waals surface area contributed by atoms with Crippen molar-refractivity contribution in [1.29, 1.82) is 0 Å². The van der Waals surface area contributed by atoms with Crippen molar-refractivity contribution in [1.82, 2.24) is 24.5 Å². The number of hydrogen-bond donors (Lipinski definition) is 1. The lowest BCUT2D eigenvalue weighted by Crippen LogP contribution is -2.44. The third-order valence-corrected chi connectivity index (χ3v) is 8.02. The van der Waals surface area contributed by atoms with E-state index in [2.05, 4.69) is 25.3 Å². The highest BCUT2D eigenvalue weighted by Crippen LogP contribution is 2.34. The molecule has 4 heterocycles. The molecule has 26 heavy (non-hydrogen) atoms. The largest absolute Gasteiger partial charge is 0.352 e. The van der Waals surface area contributed by atoms with Gasteiger partial charge in [0.15, 0.2) is 16.4 Å². The summed E-state index contributed by atoms with van der Waals surface area (Å²) in [5.41, 5.74) is 0.913. The van der Waals surface area contributed by atoms with Gasteiger partial charge in [0.1, 0.15) is 15.6 Å². The van der Waals surface area contributed by atoms with Crippen LogP contribution in [0.25, 0.3) is 11.0 Å². The summed E-state index contributed by atoms with van der Waals surface area (Å²) < 4.78 is 28.1. The minimum Gasteiger partial charge on any atom is -0.352 e. The van der Waals surface area contributed by atoms with Crippen molar-refractivity contribution in [3.8, 4) is 0 Å². The maximum absolute atomic E-state index is 13.2. The van der Waals surface area contributed by atoms with Crippen LogP contribution < -0.4 is 10.2 Å². The van der Waals surface area contributed by atoms with Crippen LogP contribution in [0.4, 0.5) is 5.82 Å². The summed E-state index contributed by atoms with van der Waals surface area (Å²) in [7, 11) is -3.71. The molecule has 1 N–H and O–H groups in total. The molecule has 3 aromatic rings. The molecule has 1 fully saturated rings. The number of anilines is 1. The molecule has 11 heteroatoms. The van der Waals surface area contributed by atoms with E-state index in [4.69, 9.17) is 0 Å². The van der Waals surface area contributed by atoms with Crippen molar-refractivity contribution in [3.63, 3.8) is 0 Å². The average Bonchev–Trinajstić information content (AvgIpc) is 3.30. The second kappa shape index (κ2) is 6.80. The van der Waals surface area contributed by atoms with Gasteiger partial charge in [0.05, 0.1) is 0 Å². The van der Waals surface area contributed by atoms with Gasteiger partial charge in [-0.3, -0.25) is 0 Å². The Morgan fingerprint density at radius 2 is 2.00 bits per heavy atom. The molecule has 0 spiro atoms. The lowest BCUT2D eigenvalue weighted by molar-refractivity contribution is 0.585. The van der Waals surface area contributed by atoms with E-state index >= 15 is 0 Å². The van der Waals surface area contributed by atoms with E-state index in [-0.39, 0.29) is 9.24 Å². The van der Waals surface area contributed by atoms with Crippen molar-refractivity contribution < 1.29 is 8.42 Å². The number of hydrogen-bond acceptors (Lipinski definition) is 9. The minimum absolute atomic E-state index is 0.115. The Bertz CT molecular complexity index is 1040. The zero-order valence-corrected chi connectivity index (χ0v) is 16.8.